The van der Waals surface area contributed by atoms with Crippen molar-refractivity contribution in [2.75, 3.05) is 6.61 Å². The quantitative estimate of drug-likeness (QED) is 0.747. The second kappa shape index (κ2) is 9.59. The number of carbonyl (C=O) groups is 2. The molecule has 2 N–H and O–H groups in total. The van der Waals surface area contributed by atoms with E-state index in [4.69, 9.17) is 15.2 Å². The van der Waals surface area contributed by atoms with Crippen molar-refractivity contribution in [3.8, 4) is 0 Å². The summed E-state index contributed by atoms with van der Waals surface area (Å²) in [6.07, 6.45) is -0.114. The number of benzene rings is 2. The monoisotopic (exact) mass is 341 g/mol. The Bertz CT molecular complexity index is 673. The van der Waals surface area contributed by atoms with Crippen LogP contribution < -0.4 is 5.73 Å². The lowest BCUT2D eigenvalue weighted by atomic mass is 9.91. The largest absolute Gasteiger partial charge is 0.466 e. The van der Waals surface area contributed by atoms with E-state index in [0.717, 1.165) is 11.1 Å². The summed E-state index contributed by atoms with van der Waals surface area (Å²) >= 11 is 0. The van der Waals surface area contributed by atoms with Gasteiger partial charge in [-0.05, 0) is 18.1 Å². The third-order valence-electron chi connectivity index (χ3n) is 3.84. The van der Waals surface area contributed by atoms with Crippen LogP contribution in [0.3, 0.4) is 0 Å². The molecule has 0 saturated carbocycles. The average Bonchev–Trinajstić information content (AvgIpc) is 2.65. The highest BCUT2D eigenvalue weighted by atomic mass is 16.5. The van der Waals surface area contributed by atoms with E-state index in [1.807, 2.05) is 60.7 Å². The van der Waals surface area contributed by atoms with Crippen molar-refractivity contribution in [2.45, 2.75) is 26.0 Å². The summed E-state index contributed by atoms with van der Waals surface area (Å²) in [4.78, 5) is 24.4. The normalized spacial score (nSPS) is 12.9. The second-order valence-electron chi connectivity index (χ2n) is 5.65. The molecular formula is C20H23NO4. The molecule has 2 aromatic rings. The van der Waals surface area contributed by atoms with Gasteiger partial charge in [0.15, 0.2) is 0 Å². The van der Waals surface area contributed by atoms with Gasteiger partial charge in [0.05, 0.1) is 18.9 Å². The van der Waals surface area contributed by atoms with Crippen molar-refractivity contribution < 1.29 is 19.1 Å². The Morgan fingerprint density at radius 1 is 0.960 bits per heavy atom. The van der Waals surface area contributed by atoms with E-state index in [0.29, 0.717) is 0 Å². The predicted molar refractivity (Wildman–Crippen MR) is 94.3 cm³/mol. The third kappa shape index (κ3) is 5.72. The first-order chi connectivity index (χ1) is 12.1. The van der Waals surface area contributed by atoms with Crippen LogP contribution in [0.5, 0.6) is 0 Å². The summed E-state index contributed by atoms with van der Waals surface area (Å²) in [5.41, 5.74) is 7.89. The van der Waals surface area contributed by atoms with Crippen LogP contribution in [0.1, 0.15) is 30.5 Å². The van der Waals surface area contributed by atoms with Crippen LogP contribution in [0.2, 0.25) is 0 Å². The summed E-state index contributed by atoms with van der Waals surface area (Å²) in [7, 11) is 0. The lowest BCUT2D eigenvalue weighted by molar-refractivity contribution is -0.156. The highest BCUT2D eigenvalue weighted by molar-refractivity contribution is 5.80. The van der Waals surface area contributed by atoms with E-state index >= 15 is 0 Å². The molecule has 132 valence electrons. The molecule has 5 nitrogen and oxygen atoms in total. The average molecular weight is 341 g/mol. The fraction of sp³-hybridized carbons (Fsp3) is 0.300. The maximum Gasteiger partial charge on any atom is 0.311 e. The Morgan fingerprint density at radius 2 is 1.56 bits per heavy atom. The molecule has 0 heterocycles. The molecule has 0 aromatic heterocycles. The summed E-state index contributed by atoms with van der Waals surface area (Å²) < 4.78 is 10.4. The van der Waals surface area contributed by atoms with Gasteiger partial charge in [-0.1, -0.05) is 60.7 Å². The highest BCUT2D eigenvalue weighted by Crippen LogP contribution is 2.24. The second-order valence-corrected chi connectivity index (χ2v) is 5.65. The van der Waals surface area contributed by atoms with Gasteiger partial charge in [0.25, 0.3) is 0 Å². The molecule has 0 aliphatic heterocycles. The number of rotatable bonds is 8. The number of esters is 2. The first-order valence-electron chi connectivity index (χ1n) is 8.28. The van der Waals surface area contributed by atoms with E-state index in [-0.39, 0.29) is 19.6 Å². The third-order valence-corrected chi connectivity index (χ3v) is 3.84. The summed E-state index contributed by atoms with van der Waals surface area (Å²) in [6.45, 7) is 2.11. The standard InChI is InChI=1S/C20H23NO4/c1-2-24-18(22)13-17(19(21)16-11-7-4-8-12-16)20(23)25-14-15-9-5-3-6-10-15/h3-12,17,19H,2,13-14,21H2,1H3. The molecule has 0 radical (unpaired) electrons. The number of ether oxygens (including phenoxy) is 2. The minimum Gasteiger partial charge on any atom is -0.466 e. The Morgan fingerprint density at radius 3 is 2.16 bits per heavy atom. The maximum atomic E-state index is 12.6. The summed E-state index contributed by atoms with van der Waals surface area (Å²) in [5, 5.41) is 0. The van der Waals surface area contributed by atoms with Crippen LogP contribution in [0.25, 0.3) is 0 Å². The molecule has 5 heteroatoms. The predicted octanol–water partition coefficient (Wildman–Crippen LogP) is 3.00. The first kappa shape index (κ1) is 18.7. The maximum absolute atomic E-state index is 12.6. The Hall–Kier alpha value is -2.66. The molecule has 0 spiro atoms. The Balaban J connectivity index is 2.09. The zero-order chi connectivity index (χ0) is 18.1. The van der Waals surface area contributed by atoms with Crippen LogP contribution >= 0.6 is 0 Å². The zero-order valence-electron chi connectivity index (χ0n) is 14.3. The fourth-order valence-electron chi connectivity index (χ4n) is 2.50. The highest BCUT2D eigenvalue weighted by Gasteiger charge is 2.31. The van der Waals surface area contributed by atoms with E-state index in [9.17, 15) is 9.59 Å². The number of hydrogen-bond acceptors (Lipinski definition) is 5. The van der Waals surface area contributed by atoms with Gasteiger partial charge < -0.3 is 15.2 Å². The zero-order valence-corrected chi connectivity index (χ0v) is 14.3. The van der Waals surface area contributed by atoms with Gasteiger partial charge in [0, 0.05) is 6.04 Å². The number of hydrogen-bond donors (Lipinski definition) is 1. The Labute approximate surface area is 147 Å². The van der Waals surface area contributed by atoms with Crippen molar-refractivity contribution in [1.82, 2.24) is 0 Å². The van der Waals surface area contributed by atoms with Gasteiger partial charge in [-0.15, -0.1) is 0 Å². The van der Waals surface area contributed by atoms with Crippen molar-refractivity contribution in [2.24, 2.45) is 11.7 Å². The van der Waals surface area contributed by atoms with E-state index in [1.165, 1.54) is 0 Å². The molecule has 0 fully saturated rings. The van der Waals surface area contributed by atoms with Gasteiger partial charge in [0.1, 0.15) is 6.61 Å². The van der Waals surface area contributed by atoms with Gasteiger partial charge in [0.2, 0.25) is 0 Å². The molecular weight excluding hydrogens is 318 g/mol. The van der Waals surface area contributed by atoms with Gasteiger partial charge in [-0.25, -0.2) is 0 Å². The SMILES string of the molecule is CCOC(=O)CC(C(=O)OCc1ccccc1)C(N)c1ccccc1. The van der Waals surface area contributed by atoms with Crippen LogP contribution in [-0.2, 0) is 25.7 Å². The van der Waals surface area contributed by atoms with Crippen molar-refractivity contribution in [3.63, 3.8) is 0 Å². The smallest absolute Gasteiger partial charge is 0.311 e. The lowest BCUT2D eigenvalue weighted by Crippen LogP contribution is -2.32. The molecule has 25 heavy (non-hydrogen) atoms. The van der Waals surface area contributed by atoms with Crippen LogP contribution in [0.15, 0.2) is 60.7 Å². The number of nitrogens with two attached hydrogens (primary N) is 1. The fourth-order valence-corrected chi connectivity index (χ4v) is 2.50. The Kier molecular flexibility index (Phi) is 7.16. The molecule has 0 bridgehead atoms. The van der Waals surface area contributed by atoms with Gasteiger partial charge >= 0.3 is 11.9 Å². The van der Waals surface area contributed by atoms with Crippen molar-refractivity contribution in [3.05, 3.63) is 71.8 Å². The molecule has 0 aliphatic carbocycles. The topological polar surface area (TPSA) is 78.6 Å². The molecule has 2 rings (SSSR count). The van der Waals surface area contributed by atoms with Gasteiger partial charge in [-0.2, -0.15) is 0 Å². The summed E-state index contributed by atoms with van der Waals surface area (Å²) in [6, 6.07) is 17.9. The van der Waals surface area contributed by atoms with Crippen molar-refractivity contribution >= 4 is 11.9 Å². The molecule has 0 amide bonds. The lowest BCUT2D eigenvalue weighted by Gasteiger charge is -2.22. The van der Waals surface area contributed by atoms with Crippen LogP contribution in [0, 0.1) is 5.92 Å². The molecule has 0 saturated heterocycles. The summed E-state index contributed by atoms with van der Waals surface area (Å²) in [5.74, 6) is -1.77. The molecule has 2 unspecified atom stereocenters. The molecule has 2 atom stereocenters. The molecule has 0 aliphatic rings. The minimum atomic E-state index is -0.801. The van der Waals surface area contributed by atoms with Crippen LogP contribution in [0.4, 0.5) is 0 Å². The van der Waals surface area contributed by atoms with E-state index in [2.05, 4.69) is 0 Å². The minimum absolute atomic E-state index is 0.114. The molecule has 2 aromatic carbocycles. The first-order valence-corrected chi connectivity index (χ1v) is 8.28. The van der Waals surface area contributed by atoms with Gasteiger partial charge in [-0.3, -0.25) is 9.59 Å². The van der Waals surface area contributed by atoms with E-state index in [1.54, 1.807) is 6.92 Å². The number of carbonyl (C=O) groups excluding carboxylic acids is 2. The van der Waals surface area contributed by atoms with Crippen LogP contribution in [-0.4, -0.2) is 18.5 Å². The van der Waals surface area contributed by atoms with E-state index < -0.39 is 23.9 Å². The van der Waals surface area contributed by atoms with Crippen molar-refractivity contribution in [1.29, 1.82) is 0 Å².